The SMILES string of the molecule is CCCCC(O)(I)I. The minimum atomic E-state index is -0.508. The van der Waals surface area contributed by atoms with Crippen LogP contribution in [0.25, 0.3) is 0 Å². The molecular formula is C5H10I2O. The van der Waals surface area contributed by atoms with Gasteiger partial charge in [-0.1, -0.05) is 13.3 Å². The molecule has 0 heterocycles. The van der Waals surface area contributed by atoms with Crippen molar-refractivity contribution in [1.82, 2.24) is 0 Å². The Bertz CT molecular complexity index is 57.9. The van der Waals surface area contributed by atoms with Gasteiger partial charge in [0.15, 0.2) is 1.61 Å². The highest BCUT2D eigenvalue weighted by Crippen LogP contribution is 2.29. The topological polar surface area (TPSA) is 20.2 Å². The van der Waals surface area contributed by atoms with Gasteiger partial charge < -0.3 is 5.11 Å². The Labute approximate surface area is 77.5 Å². The van der Waals surface area contributed by atoms with Crippen molar-refractivity contribution in [2.45, 2.75) is 27.8 Å². The second-order valence-electron chi connectivity index (χ2n) is 1.77. The Morgan fingerprint density at radius 2 is 2.00 bits per heavy atom. The average molecular weight is 340 g/mol. The van der Waals surface area contributed by atoms with Gasteiger partial charge in [-0.2, -0.15) is 0 Å². The Morgan fingerprint density at radius 3 is 2.12 bits per heavy atom. The molecule has 0 spiro atoms. The smallest absolute Gasteiger partial charge is 0.166 e. The first kappa shape index (κ1) is 9.42. The lowest BCUT2D eigenvalue weighted by Crippen LogP contribution is -2.07. The Hall–Kier alpha value is 1.42. The van der Waals surface area contributed by atoms with E-state index in [1.54, 1.807) is 0 Å². The van der Waals surface area contributed by atoms with Crippen molar-refractivity contribution < 1.29 is 5.11 Å². The van der Waals surface area contributed by atoms with Crippen molar-refractivity contribution in [3.63, 3.8) is 0 Å². The summed E-state index contributed by atoms with van der Waals surface area (Å²) in [5, 5.41) is 9.12. The molecule has 0 bridgehead atoms. The van der Waals surface area contributed by atoms with Crippen molar-refractivity contribution in [3.8, 4) is 0 Å². The van der Waals surface area contributed by atoms with Crippen LogP contribution in [0.1, 0.15) is 26.2 Å². The van der Waals surface area contributed by atoms with Crippen molar-refractivity contribution in [2.75, 3.05) is 0 Å². The summed E-state index contributed by atoms with van der Waals surface area (Å²) in [4.78, 5) is 0. The zero-order valence-corrected chi connectivity index (χ0v) is 9.14. The summed E-state index contributed by atoms with van der Waals surface area (Å²) in [6, 6.07) is 0. The molecule has 0 aliphatic carbocycles. The van der Waals surface area contributed by atoms with E-state index < -0.39 is 1.61 Å². The quantitative estimate of drug-likeness (QED) is 0.619. The molecule has 0 saturated heterocycles. The summed E-state index contributed by atoms with van der Waals surface area (Å²) >= 11 is 4.08. The number of hydrogen-bond donors (Lipinski definition) is 1. The standard InChI is InChI=1S/C5H10I2O/c1-2-3-4-5(6,7)8/h8H,2-4H2,1H3. The predicted molar refractivity (Wildman–Crippen MR) is 52.5 cm³/mol. The van der Waals surface area contributed by atoms with Crippen molar-refractivity contribution in [1.29, 1.82) is 0 Å². The molecular weight excluding hydrogens is 330 g/mol. The van der Waals surface area contributed by atoms with Gasteiger partial charge in [0, 0.05) is 0 Å². The van der Waals surface area contributed by atoms with E-state index in [1.165, 1.54) is 0 Å². The van der Waals surface area contributed by atoms with Gasteiger partial charge in [0.2, 0.25) is 0 Å². The van der Waals surface area contributed by atoms with Gasteiger partial charge in [-0.05, 0) is 58.0 Å². The molecule has 1 nitrogen and oxygen atoms in total. The Kier molecular flexibility index (Phi) is 5.03. The van der Waals surface area contributed by atoms with E-state index in [-0.39, 0.29) is 0 Å². The van der Waals surface area contributed by atoms with Crippen LogP contribution in [0.5, 0.6) is 0 Å². The van der Waals surface area contributed by atoms with Gasteiger partial charge in [-0.25, -0.2) is 0 Å². The van der Waals surface area contributed by atoms with Crippen LogP contribution in [-0.4, -0.2) is 6.72 Å². The number of halogens is 2. The lowest BCUT2D eigenvalue weighted by atomic mass is 10.3. The number of rotatable bonds is 3. The van der Waals surface area contributed by atoms with E-state index in [9.17, 15) is 0 Å². The zero-order chi connectivity index (χ0) is 6.62. The second kappa shape index (κ2) is 4.27. The molecule has 0 atom stereocenters. The molecule has 0 radical (unpaired) electrons. The fraction of sp³-hybridized carbons (Fsp3) is 1.00. The van der Waals surface area contributed by atoms with Gasteiger partial charge in [-0.3, -0.25) is 0 Å². The monoisotopic (exact) mass is 340 g/mol. The highest BCUT2D eigenvalue weighted by molar-refractivity contribution is 14.2. The van der Waals surface area contributed by atoms with Gasteiger partial charge >= 0.3 is 0 Å². The van der Waals surface area contributed by atoms with Crippen LogP contribution in [0.4, 0.5) is 0 Å². The fourth-order valence-electron chi connectivity index (χ4n) is 0.389. The van der Waals surface area contributed by atoms with E-state index in [0.29, 0.717) is 0 Å². The maximum atomic E-state index is 9.12. The lowest BCUT2D eigenvalue weighted by Gasteiger charge is -2.10. The van der Waals surface area contributed by atoms with Gasteiger partial charge in [0.05, 0.1) is 0 Å². The van der Waals surface area contributed by atoms with Crippen molar-refractivity contribution in [3.05, 3.63) is 0 Å². The van der Waals surface area contributed by atoms with Gasteiger partial charge in [0.1, 0.15) is 0 Å². The predicted octanol–water partition coefficient (Wildman–Crippen LogP) is 2.69. The Morgan fingerprint density at radius 1 is 1.50 bits per heavy atom. The number of hydrogen-bond acceptors (Lipinski definition) is 1. The summed E-state index contributed by atoms with van der Waals surface area (Å²) in [5.41, 5.74) is 0. The van der Waals surface area contributed by atoms with Crippen molar-refractivity contribution >= 4 is 45.2 Å². The minimum absolute atomic E-state index is 0.508. The van der Waals surface area contributed by atoms with Crippen LogP contribution < -0.4 is 0 Å². The molecule has 1 N–H and O–H groups in total. The van der Waals surface area contributed by atoms with Gasteiger partial charge in [0.25, 0.3) is 0 Å². The highest BCUT2D eigenvalue weighted by Gasteiger charge is 2.14. The molecule has 50 valence electrons. The third kappa shape index (κ3) is 7.42. The summed E-state index contributed by atoms with van der Waals surface area (Å²) in [6.45, 7) is 2.12. The molecule has 0 rings (SSSR count). The molecule has 0 fully saturated rings. The first-order chi connectivity index (χ1) is 3.56. The van der Waals surface area contributed by atoms with Crippen LogP contribution in [0, 0.1) is 0 Å². The summed E-state index contributed by atoms with van der Waals surface area (Å²) in [7, 11) is 0. The van der Waals surface area contributed by atoms with Crippen LogP contribution >= 0.6 is 45.2 Å². The molecule has 0 aromatic carbocycles. The summed E-state index contributed by atoms with van der Waals surface area (Å²) in [5.74, 6) is 0. The maximum absolute atomic E-state index is 9.12. The highest BCUT2D eigenvalue weighted by atomic mass is 127. The van der Waals surface area contributed by atoms with E-state index in [4.69, 9.17) is 5.11 Å². The molecule has 0 saturated carbocycles. The number of alkyl halides is 2. The summed E-state index contributed by atoms with van der Waals surface area (Å²) < 4.78 is -0.508. The molecule has 0 aliphatic heterocycles. The molecule has 3 heteroatoms. The first-order valence-corrected chi connectivity index (χ1v) is 4.82. The average Bonchev–Trinajstić information content (AvgIpc) is 1.59. The van der Waals surface area contributed by atoms with Crippen LogP contribution in [0.2, 0.25) is 0 Å². The maximum Gasteiger partial charge on any atom is 0.166 e. The minimum Gasteiger partial charge on any atom is -0.371 e. The van der Waals surface area contributed by atoms with Crippen LogP contribution in [0.15, 0.2) is 0 Å². The number of aliphatic hydroxyl groups is 1. The second-order valence-corrected chi connectivity index (χ2v) is 7.40. The molecule has 0 aromatic heterocycles. The van der Waals surface area contributed by atoms with E-state index >= 15 is 0 Å². The van der Waals surface area contributed by atoms with E-state index in [1.807, 2.05) is 45.2 Å². The van der Waals surface area contributed by atoms with Crippen LogP contribution in [-0.2, 0) is 0 Å². The lowest BCUT2D eigenvalue weighted by molar-refractivity contribution is 0.249. The summed E-state index contributed by atoms with van der Waals surface area (Å²) in [6.07, 6.45) is 3.17. The molecule has 0 unspecified atom stereocenters. The third-order valence-electron chi connectivity index (χ3n) is 0.831. The number of unbranched alkanes of at least 4 members (excludes halogenated alkanes) is 1. The first-order valence-electron chi connectivity index (χ1n) is 2.66. The molecule has 0 amide bonds. The normalized spacial score (nSPS) is 12.0. The largest absolute Gasteiger partial charge is 0.371 e. The van der Waals surface area contributed by atoms with E-state index in [0.717, 1.165) is 19.3 Å². The Balaban J connectivity index is 3.11. The van der Waals surface area contributed by atoms with Crippen LogP contribution in [0.3, 0.4) is 0 Å². The molecule has 0 aromatic rings. The van der Waals surface area contributed by atoms with Gasteiger partial charge in [-0.15, -0.1) is 0 Å². The van der Waals surface area contributed by atoms with Crippen molar-refractivity contribution in [2.24, 2.45) is 0 Å². The fourth-order valence-corrected chi connectivity index (χ4v) is 1.15. The van der Waals surface area contributed by atoms with E-state index in [2.05, 4.69) is 6.92 Å². The molecule has 0 aliphatic rings. The third-order valence-corrected chi connectivity index (χ3v) is 1.91. The zero-order valence-electron chi connectivity index (χ0n) is 4.82. The molecule has 8 heavy (non-hydrogen) atoms.